The van der Waals surface area contributed by atoms with Crippen molar-refractivity contribution in [2.45, 2.75) is 70.1 Å². The van der Waals surface area contributed by atoms with Crippen LogP contribution in [0.2, 0.25) is 0 Å². The maximum absolute atomic E-state index is 13.5. The summed E-state index contributed by atoms with van der Waals surface area (Å²) in [7, 11) is 0. The summed E-state index contributed by atoms with van der Waals surface area (Å²) in [5, 5.41) is 8.41. The van der Waals surface area contributed by atoms with Crippen molar-refractivity contribution in [1.82, 2.24) is 0 Å². The van der Waals surface area contributed by atoms with Crippen molar-refractivity contribution in [3.8, 4) is 6.07 Å². The van der Waals surface area contributed by atoms with Crippen LogP contribution in [-0.2, 0) is 0 Å². The highest BCUT2D eigenvalue weighted by Crippen LogP contribution is 2.40. The smallest absolute Gasteiger partial charge is 0.199 e. The Morgan fingerprint density at radius 1 is 0.931 bits per heavy atom. The molecule has 1 aromatic rings. The average Bonchev–Trinajstić information content (AvgIpc) is 2.75. The first-order valence-corrected chi connectivity index (χ1v) is 10.9. The van der Waals surface area contributed by atoms with Gasteiger partial charge in [0.15, 0.2) is 17.5 Å². The molecule has 2 aliphatic carbocycles. The van der Waals surface area contributed by atoms with E-state index in [0.717, 1.165) is 43.1 Å². The molecule has 156 valence electrons. The Morgan fingerprint density at radius 2 is 1.55 bits per heavy atom. The fraction of sp³-hybridized carbons (Fsp3) is 0.560. The van der Waals surface area contributed by atoms with Gasteiger partial charge in [0, 0.05) is 0 Å². The van der Waals surface area contributed by atoms with Crippen LogP contribution >= 0.6 is 0 Å². The summed E-state index contributed by atoms with van der Waals surface area (Å²) in [6.45, 7) is 0. The van der Waals surface area contributed by atoms with Gasteiger partial charge in [-0.05, 0) is 98.8 Å². The van der Waals surface area contributed by atoms with Crippen LogP contribution in [0.3, 0.4) is 0 Å². The summed E-state index contributed by atoms with van der Waals surface area (Å²) in [5.74, 6) is 0.168. The number of nitrogens with zero attached hydrogens (tertiary/aromatic N) is 1. The summed E-state index contributed by atoms with van der Waals surface area (Å²) in [4.78, 5) is 0. The predicted molar refractivity (Wildman–Crippen MR) is 110 cm³/mol. The topological polar surface area (TPSA) is 23.8 Å². The number of benzene rings is 1. The maximum Gasteiger partial charge on any atom is 0.199 e. The molecule has 0 amide bonds. The Hall–Kier alpha value is -2.02. The molecule has 0 unspecified atom stereocenters. The highest BCUT2D eigenvalue weighted by molar-refractivity contribution is 5.22. The van der Waals surface area contributed by atoms with E-state index in [9.17, 15) is 13.2 Å². The molecule has 1 nitrogen and oxygen atoms in total. The zero-order valence-electron chi connectivity index (χ0n) is 16.9. The Balaban J connectivity index is 1.35. The van der Waals surface area contributed by atoms with Crippen LogP contribution in [0.1, 0.15) is 75.7 Å². The predicted octanol–water partition coefficient (Wildman–Crippen LogP) is 7.76. The van der Waals surface area contributed by atoms with Gasteiger partial charge in [-0.25, -0.2) is 8.78 Å². The second-order valence-corrected chi connectivity index (χ2v) is 8.76. The number of allylic oxidation sites excluding steroid dienone is 4. The fourth-order valence-electron chi connectivity index (χ4n) is 5.03. The van der Waals surface area contributed by atoms with Crippen LogP contribution in [-0.4, -0.2) is 0 Å². The third-order valence-corrected chi connectivity index (χ3v) is 6.87. The molecular weight excluding hydrogens is 371 g/mol. The molecule has 2 aliphatic rings. The molecule has 2 saturated carbocycles. The van der Waals surface area contributed by atoms with Gasteiger partial charge < -0.3 is 0 Å². The van der Waals surface area contributed by atoms with E-state index in [4.69, 9.17) is 5.26 Å². The number of rotatable bonds is 6. The molecule has 0 saturated heterocycles. The Kier molecular flexibility index (Phi) is 7.98. The first-order valence-electron chi connectivity index (χ1n) is 10.9. The van der Waals surface area contributed by atoms with E-state index in [2.05, 4.69) is 0 Å². The van der Waals surface area contributed by atoms with Crippen molar-refractivity contribution in [3.05, 3.63) is 59.5 Å². The van der Waals surface area contributed by atoms with E-state index in [-0.39, 0.29) is 0 Å². The van der Waals surface area contributed by atoms with Gasteiger partial charge in [-0.3, -0.25) is 0 Å². The molecule has 0 N–H and O–H groups in total. The van der Waals surface area contributed by atoms with Gasteiger partial charge >= 0.3 is 0 Å². The second-order valence-electron chi connectivity index (χ2n) is 8.76. The minimum absolute atomic E-state index is 0.364. The van der Waals surface area contributed by atoms with Crippen LogP contribution < -0.4 is 0 Å². The minimum atomic E-state index is -0.765. The number of hydrogen-bond acceptors (Lipinski definition) is 1. The van der Waals surface area contributed by atoms with E-state index >= 15 is 0 Å². The standard InChI is InChI=1S/C25H30F3N/c26-23(17-29)3-1-2-18-4-6-19(7-5-18)8-9-20-10-12-21(13-11-20)22-14-15-24(27)25(28)16-22/h1-3,14-16,18-21H,4-13H2/b2-1+,23-3-. The van der Waals surface area contributed by atoms with Crippen molar-refractivity contribution in [2.24, 2.45) is 17.8 Å². The molecule has 2 fully saturated rings. The first kappa shape index (κ1) is 21.7. The van der Waals surface area contributed by atoms with Crippen LogP contribution in [0, 0.1) is 40.7 Å². The molecular formula is C25H30F3N. The summed E-state index contributed by atoms with van der Waals surface area (Å²) in [5.41, 5.74) is 0.943. The maximum atomic E-state index is 13.5. The van der Waals surface area contributed by atoms with Gasteiger partial charge in [0.05, 0.1) is 0 Å². The molecule has 0 bridgehead atoms. The third kappa shape index (κ3) is 6.49. The number of hydrogen-bond donors (Lipinski definition) is 0. The average molecular weight is 402 g/mol. The van der Waals surface area contributed by atoms with E-state index in [1.54, 1.807) is 12.1 Å². The molecule has 0 atom stereocenters. The monoisotopic (exact) mass is 401 g/mol. The lowest BCUT2D eigenvalue weighted by molar-refractivity contribution is 0.246. The van der Waals surface area contributed by atoms with E-state index in [1.807, 2.05) is 6.08 Å². The van der Waals surface area contributed by atoms with Crippen molar-refractivity contribution in [1.29, 1.82) is 5.26 Å². The van der Waals surface area contributed by atoms with Gasteiger partial charge in [-0.2, -0.15) is 9.65 Å². The molecule has 0 aliphatic heterocycles. The Bertz CT molecular complexity index is 761. The zero-order chi connectivity index (χ0) is 20.6. The first-order chi connectivity index (χ1) is 14.0. The van der Waals surface area contributed by atoms with Gasteiger partial charge in [0.1, 0.15) is 6.07 Å². The SMILES string of the molecule is N#C/C(F)=C/C=C/C1CCC(CCC2CCC(c3ccc(F)c(F)c3)CC2)CC1. The quantitative estimate of drug-likeness (QED) is 0.353. The van der Waals surface area contributed by atoms with Crippen molar-refractivity contribution in [3.63, 3.8) is 0 Å². The molecule has 0 spiro atoms. The van der Waals surface area contributed by atoms with E-state index in [0.29, 0.717) is 11.8 Å². The molecule has 0 aromatic heterocycles. The highest BCUT2D eigenvalue weighted by atomic mass is 19.2. The molecule has 3 rings (SSSR count). The van der Waals surface area contributed by atoms with Crippen LogP contribution in [0.15, 0.2) is 42.3 Å². The lowest BCUT2D eigenvalue weighted by atomic mass is 9.74. The summed E-state index contributed by atoms with van der Waals surface area (Å²) >= 11 is 0. The van der Waals surface area contributed by atoms with Gasteiger partial charge in [0.2, 0.25) is 0 Å². The van der Waals surface area contributed by atoms with Gasteiger partial charge in [-0.15, -0.1) is 0 Å². The van der Waals surface area contributed by atoms with Crippen LogP contribution in [0.4, 0.5) is 13.2 Å². The molecule has 29 heavy (non-hydrogen) atoms. The van der Waals surface area contributed by atoms with Crippen molar-refractivity contribution >= 4 is 0 Å². The van der Waals surface area contributed by atoms with Gasteiger partial charge in [0.25, 0.3) is 0 Å². The normalized spacial score (nSPS) is 28.4. The minimum Gasteiger partial charge on any atom is -0.204 e. The largest absolute Gasteiger partial charge is 0.204 e. The third-order valence-electron chi connectivity index (χ3n) is 6.87. The molecule has 1 aromatic carbocycles. The molecule has 0 heterocycles. The fourth-order valence-corrected chi connectivity index (χ4v) is 5.03. The van der Waals surface area contributed by atoms with Crippen molar-refractivity contribution < 1.29 is 13.2 Å². The Morgan fingerprint density at radius 3 is 2.14 bits per heavy atom. The highest BCUT2D eigenvalue weighted by Gasteiger charge is 2.25. The summed E-state index contributed by atoms with van der Waals surface area (Å²) < 4.78 is 39.4. The van der Waals surface area contributed by atoms with Crippen LogP contribution in [0.25, 0.3) is 0 Å². The number of halogens is 3. The molecule has 4 heteroatoms. The van der Waals surface area contributed by atoms with Gasteiger partial charge in [-0.1, -0.05) is 31.1 Å². The zero-order valence-corrected chi connectivity index (χ0v) is 16.9. The van der Waals surface area contributed by atoms with E-state index in [1.165, 1.54) is 62.8 Å². The lowest BCUT2D eigenvalue weighted by Crippen LogP contribution is -2.17. The number of nitriles is 1. The lowest BCUT2D eigenvalue weighted by Gasteiger charge is -2.31. The Labute approximate surface area is 172 Å². The second kappa shape index (κ2) is 10.7. The van der Waals surface area contributed by atoms with E-state index < -0.39 is 17.5 Å². The summed E-state index contributed by atoms with van der Waals surface area (Å²) in [6, 6.07) is 5.84. The van der Waals surface area contributed by atoms with Crippen LogP contribution in [0.5, 0.6) is 0 Å². The summed E-state index contributed by atoms with van der Waals surface area (Å²) in [6.07, 6.45) is 16.7. The molecule has 0 radical (unpaired) electrons. The van der Waals surface area contributed by atoms with Crippen molar-refractivity contribution in [2.75, 3.05) is 0 Å².